The third-order valence-corrected chi connectivity index (χ3v) is 14.0. The molecule has 17 heteroatoms. The van der Waals surface area contributed by atoms with Gasteiger partial charge in [-0.1, -0.05) is 18.2 Å². The van der Waals surface area contributed by atoms with Crippen LogP contribution in [0.25, 0.3) is 44.2 Å². The van der Waals surface area contributed by atoms with E-state index < -0.39 is 30.4 Å². The molecule has 3 aromatic carbocycles. The molecule has 2 aromatic heterocycles. The monoisotopic (exact) mass is 876 g/mol. The summed E-state index contributed by atoms with van der Waals surface area (Å²) in [6.07, 6.45) is 3.61. The zero-order valence-corrected chi connectivity index (χ0v) is 37.1. The Labute approximate surface area is 370 Å². The Morgan fingerprint density at radius 3 is 2.31 bits per heavy atom. The van der Waals surface area contributed by atoms with Crippen molar-refractivity contribution in [3.63, 3.8) is 0 Å². The number of nitrogens with one attached hydrogen (secondary N) is 3. The molecule has 1 unspecified atom stereocenters. The maximum atomic E-state index is 14.4. The molecule has 4 aliphatic rings. The van der Waals surface area contributed by atoms with Gasteiger partial charge in [0, 0.05) is 50.4 Å². The summed E-state index contributed by atoms with van der Waals surface area (Å²) in [6, 6.07) is 12.0. The number of carboxylic acid groups (broad SMARTS) is 1. The first-order valence-electron chi connectivity index (χ1n) is 22.2. The van der Waals surface area contributed by atoms with Gasteiger partial charge in [0.1, 0.15) is 36.1 Å². The second kappa shape index (κ2) is 17.4. The van der Waals surface area contributed by atoms with E-state index in [0.717, 1.165) is 68.3 Å². The Morgan fingerprint density at radius 2 is 1.61 bits per heavy atom. The van der Waals surface area contributed by atoms with Gasteiger partial charge in [0.25, 0.3) is 0 Å². The first-order valence-corrected chi connectivity index (χ1v) is 22.2. The number of fused-ring (bicyclic) bond motifs is 6. The molecule has 7 atom stereocenters. The van der Waals surface area contributed by atoms with Crippen LogP contribution in [0.15, 0.2) is 48.7 Å². The molecule has 17 nitrogen and oxygen atoms in total. The maximum Gasteiger partial charge on any atom is 0.407 e. The van der Waals surface area contributed by atoms with Crippen molar-refractivity contribution in [1.82, 2.24) is 40.0 Å². The van der Waals surface area contributed by atoms with Gasteiger partial charge in [-0.05, 0) is 112 Å². The number of aromatic amines is 2. The predicted molar refractivity (Wildman–Crippen MR) is 236 cm³/mol. The van der Waals surface area contributed by atoms with Crippen LogP contribution in [-0.4, -0.2) is 128 Å². The van der Waals surface area contributed by atoms with Gasteiger partial charge < -0.3 is 49.1 Å². The minimum Gasteiger partial charge on any atom is -0.488 e. The number of ether oxygens (including phenoxy) is 4. The molecule has 0 spiro atoms. The van der Waals surface area contributed by atoms with Crippen molar-refractivity contribution in [1.29, 1.82) is 0 Å². The van der Waals surface area contributed by atoms with E-state index in [1.165, 1.54) is 26.2 Å². The second-order valence-corrected chi connectivity index (χ2v) is 17.7. The minimum absolute atomic E-state index is 0.0765. The number of nitrogens with zero attached hydrogens (tertiary/aromatic N) is 5. The van der Waals surface area contributed by atoms with Crippen LogP contribution >= 0.6 is 0 Å². The lowest BCUT2D eigenvalue weighted by atomic mass is 9.89. The Bertz CT molecular complexity index is 2600. The summed E-state index contributed by atoms with van der Waals surface area (Å²) in [5, 5.41) is 14.6. The summed E-state index contributed by atoms with van der Waals surface area (Å²) in [4.78, 5) is 74.5. The molecule has 5 aromatic rings. The highest BCUT2D eigenvalue weighted by atomic mass is 16.5. The predicted octanol–water partition coefficient (Wildman–Crippen LogP) is 6.93. The number of hydrogen-bond donors (Lipinski definition) is 4. The van der Waals surface area contributed by atoms with E-state index in [9.17, 15) is 24.3 Å². The van der Waals surface area contributed by atoms with Crippen molar-refractivity contribution in [2.45, 2.75) is 108 Å². The van der Waals surface area contributed by atoms with Crippen molar-refractivity contribution in [2.75, 3.05) is 34.5 Å². The van der Waals surface area contributed by atoms with Crippen LogP contribution in [0, 0.1) is 5.92 Å². The average Bonchev–Trinajstić information content (AvgIpc) is 4.13. The molecule has 0 aliphatic carbocycles. The highest BCUT2D eigenvalue weighted by molar-refractivity contribution is 6.07. The topological polar surface area (TPSA) is 205 Å². The highest BCUT2D eigenvalue weighted by Crippen LogP contribution is 2.44. The molecule has 0 radical (unpaired) electrons. The number of likely N-dealkylation sites (tertiary alicyclic amines) is 2. The number of methoxy groups -OCH3 is 2. The fourth-order valence-corrected chi connectivity index (χ4v) is 10.4. The van der Waals surface area contributed by atoms with Gasteiger partial charge in [0.15, 0.2) is 0 Å². The SMILES string of the molecule is COC(=O)N[C@H](C(=O)N1[C@@H](C)CC[C@H]1c1ncc(-c2ccc3c(c2)COc2cc4c(ccc5nc([C@@H]6CC[C@H](C)N6C(=O)C(C6CCOCC6)N(C)C(=O)O)[nH]c54)cc2-3)[nH]1)[C@@H](C)OC. The number of rotatable bonds is 10. The number of hydrogen-bond acceptors (Lipinski definition) is 10. The molecular weight excluding hydrogens is 821 g/mol. The molecule has 64 heavy (non-hydrogen) atoms. The summed E-state index contributed by atoms with van der Waals surface area (Å²) in [5.41, 5.74) is 6.43. The number of likely N-dealkylation sites (N-methyl/N-ethyl adjacent to an activating group) is 1. The molecule has 4 N–H and O–H groups in total. The molecule has 9 rings (SSSR count). The lowest BCUT2D eigenvalue weighted by Gasteiger charge is -2.39. The Balaban J connectivity index is 0.968. The number of amides is 4. The minimum atomic E-state index is -1.12. The molecule has 0 bridgehead atoms. The van der Waals surface area contributed by atoms with Gasteiger partial charge in [-0.2, -0.15) is 0 Å². The van der Waals surface area contributed by atoms with E-state index >= 15 is 0 Å². The van der Waals surface area contributed by atoms with E-state index in [4.69, 9.17) is 28.9 Å². The van der Waals surface area contributed by atoms with Crippen LogP contribution < -0.4 is 10.1 Å². The number of H-pyrrole nitrogens is 2. The lowest BCUT2D eigenvalue weighted by molar-refractivity contribution is -0.142. The van der Waals surface area contributed by atoms with Crippen LogP contribution in [0.1, 0.15) is 88.6 Å². The van der Waals surface area contributed by atoms with Crippen LogP contribution in [0.4, 0.5) is 9.59 Å². The third-order valence-electron chi connectivity index (χ3n) is 14.0. The maximum absolute atomic E-state index is 14.4. The number of carbonyl (C=O) groups excluding carboxylic acids is 3. The van der Waals surface area contributed by atoms with Crippen LogP contribution in [0.5, 0.6) is 5.75 Å². The smallest absolute Gasteiger partial charge is 0.407 e. The van der Waals surface area contributed by atoms with Gasteiger partial charge >= 0.3 is 12.2 Å². The molecule has 338 valence electrons. The van der Waals surface area contributed by atoms with Gasteiger partial charge in [-0.15, -0.1) is 0 Å². The summed E-state index contributed by atoms with van der Waals surface area (Å²) >= 11 is 0. The summed E-state index contributed by atoms with van der Waals surface area (Å²) in [6.45, 7) is 7.13. The van der Waals surface area contributed by atoms with Crippen molar-refractivity contribution in [3.05, 3.63) is 65.9 Å². The van der Waals surface area contributed by atoms with Crippen molar-refractivity contribution in [2.24, 2.45) is 5.92 Å². The van der Waals surface area contributed by atoms with Gasteiger partial charge in [-0.3, -0.25) is 14.5 Å². The van der Waals surface area contributed by atoms with Gasteiger partial charge in [0.2, 0.25) is 11.8 Å². The zero-order valence-electron chi connectivity index (χ0n) is 37.1. The quantitative estimate of drug-likeness (QED) is 0.113. The highest BCUT2D eigenvalue weighted by Gasteiger charge is 2.45. The number of alkyl carbamates (subject to hydrolysis) is 1. The summed E-state index contributed by atoms with van der Waals surface area (Å²) in [7, 11) is 4.25. The number of imidazole rings is 2. The number of benzene rings is 3. The summed E-state index contributed by atoms with van der Waals surface area (Å²) < 4.78 is 22.3. The van der Waals surface area contributed by atoms with E-state index in [2.05, 4.69) is 51.7 Å². The zero-order chi connectivity index (χ0) is 45.0. The largest absolute Gasteiger partial charge is 0.488 e. The second-order valence-electron chi connectivity index (χ2n) is 17.7. The van der Waals surface area contributed by atoms with Crippen molar-refractivity contribution < 1.29 is 43.2 Å². The molecule has 0 saturated carbocycles. The Hall–Kier alpha value is -6.20. The van der Waals surface area contributed by atoms with E-state index in [0.29, 0.717) is 57.2 Å². The molecule has 6 heterocycles. The van der Waals surface area contributed by atoms with Crippen LogP contribution in [-0.2, 0) is 30.4 Å². The Morgan fingerprint density at radius 1 is 0.891 bits per heavy atom. The van der Waals surface area contributed by atoms with Crippen LogP contribution in [0.3, 0.4) is 0 Å². The number of aromatic nitrogens is 4. The van der Waals surface area contributed by atoms with E-state index in [-0.39, 0.29) is 41.9 Å². The van der Waals surface area contributed by atoms with Crippen molar-refractivity contribution in [3.8, 4) is 28.1 Å². The Kier molecular flexibility index (Phi) is 11.7. The first-order chi connectivity index (χ1) is 30.9. The van der Waals surface area contributed by atoms with Gasteiger partial charge in [-0.25, -0.2) is 19.6 Å². The summed E-state index contributed by atoms with van der Waals surface area (Å²) in [5.74, 6) is 1.53. The number of carbonyl (C=O) groups is 4. The lowest BCUT2D eigenvalue weighted by Crippen LogP contribution is -2.55. The molecule has 4 amide bonds. The fraction of sp³-hybridized carbons (Fsp3) is 0.489. The van der Waals surface area contributed by atoms with E-state index in [1.807, 2.05) is 24.8 Å². The normalized spacial score (nSPS) is 22.4. The molecule has 4 aliphatic heterocycles. The first kappa shape index (κ1) is 43.1. The standard InChI is InChI=1S/C47H56N8O9/c1-24-7-13-36(54(24)44(56)39(26(3)61-5)52-46(58)62-6)42-48-22-35(50-42)29-9-11-31-30(19-29)23-64-38-21-32-28(20-33(31)38)10-12-34-40(32)51-43(49-34)37-14-8-25(2)55(37)45(57)41(53(4)47(59)60)27-15-17-63-18-16-27/h9-12,19-22,24-27,36-37,39,41H,7-8,13-18,23H2,1-6H3,(H,48,50)(H,49,51)(H,52,58)(H,59,60)/t24-,25-,26+,36-,37-,39-,41?/m0/s1. The third kappa shape index (κ3) is 7.67. The molecule has 3 fully saturated rings. The molecular formula is C47H56N8O9. The molecule has 3 saturated heterocycles. The van der Waals surface area contributed by atoms with Crippen LogP contribution in [0.2, 0.25) is 0 Å². The average molecular weight is 877 g/mol. The van der Waals surface area contributed by atoms with Gasteiger partial charge in [0.05, 0.1) is 48.2 Å². The van der Waals surface area contributed by atoms with E-state index in [1.54, 1.807) is 18.0 Å². The fourth-order valence-electron chi connectivity index (χ4n) is 10.4. The van der Waals surface area contributed by atoms with Crippen molar-refractivity contribution >= 4 is 45.8 Å².